The Morgan fingerprint density at radius 2 is 2.11 bits per heavy atom. The predicted molar refractivity (Wildman–Crippen MR) is 70.3 cm³/mol. The summed E-state index contributed by atoms with van der Waals surface area (Å²) in [5, 5.41) is 12.1. The fourth-order valence-electron chi connectivity index (χ4n) is 1.47. The van der Waals surface area contributed by atoms with Crippen molar-refractivity contribution < 1.29 is 14.6 Å². The summed E-state index contributed by atoms with van der Waals surface area (Å²) in [6, 6.07) is 8.05. The van der Waals surface area contributed by atoms with Crippen molar-refractivity contribution in [1.82, 2.24) is 9.97 Å². The van der Waals surface area contributed by atoms with Crippen molar-refractivity contribution in [2.45, 2.75) is 0 Å². The molecule has 2 aromatic rings. The van der Waals surface area contributed by atoms with Crippen molar-refractivity contribution >= 4 is 29.1 Å². The predicted octanol–water partition coefficient (Wildman–Crippen LogP) is 2.58. The van der Waals surface area contributed by atoms with Crippen LogP contribution in [-0.4, -0.2) is 28.2 Å². The van der Waals surface area contributed by atoms with Crippen LogP contribution in [0.5, 0.6) is 6.01 Å². The van der Waals surface area contributed by atoms with Gasteiger partial charge in [-0.3, -0.25) is 0 Å². The van der Waals surface area contributed by atoms with Crippen molar-refractivity contribution in [2.24, 2.45) is 0 Å². The molecule has 0 aliphatic heterocycles. The molecule has 0 aliphatic carbocycles. The highest BCUT2D eigenvalue weighted by Gasteiger charge is 2.10. The van der Waals surface area contributed by atoms with Gasteiger partial charge in [-0.1, -0.05) is 23.7 Å². The topological polar surface area (TPSA) is 84.3 Å². The van der Waals surface area contributed by atoms with Crippen molar-refractivity contribution in [2.75, 3.05) is 12.4 Å². The molecule has 1 aromatic carbocycles. The first-order chi connectivity index (χ1) is 9.10. The highest BCUT2D eigenvalue weighted by molar-refractivity contribution is 6.29. The zero-order chi connectivity index (χ0) is 13.8. The van der Waals surface area contributed by atoms with E-state index in [0.717, 1.165) is 0 Å². The standard InChI is InChI=1S/C12H10ClN3O3/c1-19-12-15-9(13)6-10(16-12)14-8-5-3-2-4-7(8)11(17)18/h2-6H,1H3,(H,17,18)(H,14,15,16). The van der Waals surface area contributed by atoms with Crippen LogP contribution < -0.4 is 10.1 Å². The van der Waals surface area contributed by atoms with Gasteiger partial charge in [0, 0.05) is 6.07 Å². The zero-order valence-electron chi connectivity index (χ0n) is 9.92. The number of aromatic nitrogens is 2. The average molecular weight is 280 g/mol. The molecular weight excluding hydrogens is 270 g/mol. The van der Waals surface area contributed by atoms with Gasteiger partial charge in [-0.05, 0) is 12.1 Å². The molecule has 0 saturated carbocycles. The lowest BCUT2D eigenvalue weighted by molar-refractivity contribution is 0.0698. The molecule has 0 amide bonds. The van der Waals surface area contributed by atoms with Gasteiger partial charge < -0.3 is 15.2 Å². The van der Waals surface area contributed by atoms with E-state index in [-0.39, 0.29) is 16.7 Å². The number of carboxylic acids is 1. The molecule has 0 bridgehead atoms. The molecule has 7 heteroatoms. The Balaban J connectivity index is 2.36. The molecule has 0 atom stereocenters. The summed E-state index contributed by atoms with van der Waals surface area (Å²) in [6.45, 7) is 0. The van der Waals surface area contributed by atoms with E-state index in [1.165, 1.54) is 19.2 Å². The van der Waals surface area contributed by atoms with E-state index in [2.05, 4.69) is 15.3 Å². The number of anilines is 2. The molecule has 6 nitrogen and oxygen atoms in total. The Labute approximate surface area is 114 Å². The number of nitrogens with one attached hydrogen (secondary N) is 1. The number of rotatable bonds is 4. The van der Waals surface area contributed by atoms with Gasteiger partial charge in [0.1, 0.15) is 11.0 Å². The number of para-hydroxylation sites is 1. The molecule has 1 aromatic heterocycles. The third kappa shape index (κ3) is 3.11. The maximum absolute atomic E-state index is 11.1. The van der Waals surface area contributed by atoms with E-state index in [9.17, 15) is 4.79 Å². The van der Waals surface area contributed by atoms with Crippen LogP contribution in [0.25, 0.3) is 0 Å². The first-order valence-corrected chi connectivity index (χ1v) is 5.66. The van der Waals surface area contributed by atoms with E-state index >= 15 is 0 Å². The van der Waals surface area contributed by atoms with Crippen molar-refractivity contribution in [3.8, 4) is 6.01 Å². The highest BCUT2D eigenvalue weighted by Crippen LogP contribution is 2.22. The Morgan fingerprint density at radius 3 is 2.79 bits per heavy atom. The van der Waals surface area contributed by atoms with Gasteiger partial charge in [-0.15, -0.1) is 0 Å². The molecule has 0 spiro atoms. The molecule has 0 saturated heterocycles. The zero-order valence-corrected chi connectivity index (χ0v) is 10.7. The lowest BCUT2D eigenvalue weighted by Crippen LogP contribution is -2.04. The van der Waals surface area contributed by atoms with Crippen LogP contribution in [0.2, 0.25) is 5.15 Å². The third-order valence-electron chi connectivity index (χ3n) is 2.28. The van der Waals surface area contributed by atoms with E-state index in [1.54, 1.807) is 18.2 Å². The Hall–Kier alpha value is -2.34. The summed E-state index contributed by atoms with van der Waals surface area (Å²) in [5.74, 6) is -0.680. The SMILES string of the molecule is COc1nc(Cl)cc(Nc2ccccc2C(=O)O)n1. The lowest BCUT2D eigenvalue weighted by atomic mass is 10.2. The first kappa shape index (κ1) is 13.1. The quantitative estimate of drug-likeness (QED) is 0.837. The van der Waals surface area contributed by atoms with E-state index in [0.29, 0.717) is 11.5 Å². The van der Waals surface area contributed by atoms with Crippen LogP contribution in [0.15, 0.2) is 30.3 Å². The van der Waals surface area contributed by atoms with Gasteiger partial charge in [-0.25, -0.2) is 4.79 Å². The monoisotopic (exact) mass is 279 g/mol. The molecule has 2 N–H and O–H groups in total. The van der Waals surface area contributed by atoms with Crippen molar-refractivity contribution in [3.63, 3.8) is 0 Å². The number of carboxylic acid groups (broad SMARTS) is 1. The number of benzene rings is 1. The Bertz CT molecular complexity index is 619. The number of carbonyl (C=O) groups is 1. The smallest absolute Gasteiger partial charge is 0.337 e. The highest BCUT2D eigenvalue weighted by atomic mass is 35.5. The largest absolute Gasteiger partial charge is 0.478 e. The van der Waals surface area contributed by atoms with Crippen LogP contribution >= 0.6 is 11.6 Å². The van der Waals surface area contributed by atoms with Crippen LogP contribution in [0.4, 0.5) is 11.5 Å². The summed E-state index contributed by atoms with van der Waals surface area (Å²) in [7, 11) is 1.42. The second kappa shape index (κ2) is 5.53. The number of hydrogen-bond acceptors (Lipinski definition) is 5. The molecule has 0 aliphatic rings. The molecule has 98 valence electrons. The molecular formula is C12H10ClN3O3. The second-order valence-electron chi connectivity index (χ2n) is 3.54. The van der Waals surface area contributed by atoms with Gasteiger partial charge in [-0.2, -0.15) is 9.97 Å². The number of ether oxygens (including phenoxy) is 1. The molecule has 19 heavy (non-hydrogen) atoms. The lowest BCUT2D eigenvalue weighted by Gasteiger charge is -2.09. The van der Waals surface area contributed by atoms with Gasteiger partial charge in [0.05, 0.1) is 18.4 Å². The van der Waals surface area contributed by atoms with E-state index < -0.39 is 5.97 Å². The van der Waals surface area contributed by atoms with Crippen molar-refractivity contribution in [1.29, 1.82) is 0 Å². The van der Waals surface area contributed by atoms with Crippen LogP contribution in [-0.2, 0) is 0 Å². The summed E-state index contributed by atoms with van der Waals surface area (Å²) in [4.78, 5) is 18.9. The van der Waals surface area contributed by atoms with Crippen LogP contribution in [0.1, 0.15) is 10.4 Å². The molecule has 0 fully saturated rings. The summed E-state index contributed by atoms with van der Waals surface area (Å²) in [6.07, 6.45) is 0. The summed E-state index contributed by atoms with van der Waals surface area (Å²) >= 11 is 5.81. The molecule has 0 unspecified atom stereocenters. The van der Waals surface area contributed by atoms with Crippen LogP contribution in [0, 0.1) is 0 Å². The number of methoxy groups -OCH3 is 1. The number of hydrogen-bond donors (Lipinski definition) is 2. The molecule has 0 radical (unpaired) electrons. The average Bonchev–Trinajstić information content (AvgIpc) is 2.38. The summed E-state index contributed by atoms with van der Waals surface area (Å²) in [5.41, 5.74) is 0.544. The normalized spacial score (nSPS) is 10.0. The van der Waals surface area contributed by atoms with Crippen molar-refractivity contribution in [3.05, 3.63) is 41.0 Å². The van der Waals surface area contributed by atoms with Gasteiger partial charge in [0.2, 0.25) is 0 Å². The number of aromatic carboxylic acids is 1. The minimum absolute atomic E-state index is 0.0998. The molecule has 2 rings (SSSR count). The Kier molecular flexibility index (Phi) is 3.82. The summed E-state index contributed by atoms with van der Waals surface area (Å²) < 4.78 is 4.89. The van der Waals surface area contributed by atoms with Gasteiger partial charge in [0.15, 0.2) is 0 Å². The Morgan fingerprint density at radius 1 is 1.37 bits per heavy atom. The first-order valence-electron chi connectivity index (χ1n) is 5.28. The molecule has 1 heterocycles. The maximum Gasteiger partial charge on any atom is 0.337 e. The minimum atomic E-state index is -1.03. The number of halogens is 1. The number of nitrogens with zero attached hydrogens (tertiary/aromatic N) is 2. The van der Waals surface area contributed by atoms with E-state index in [4.69, 9.17) is 21.4 Å². The van der Waals surface area contributed by atoms with Crippen LogP contribution in [0.3, 0.4) is 0 Å². The van der Waals surface area contributed by atoms with E-state index in [1.807, 2.05) is 0 Å². The fourth-order valence-corrected chi connectivity index (χ4v) is 1.64. The van der Waals surface area contributed by atoms with Gasteiger partial charge >= 0.3 is 12.0 Å². The minimum Gasteiger partial charge on any atom is -0.478 e. The maximum atomic E-state index is 11.1. The fraction of sp³-hybridized carbons (Fsp3) is 0.0833. The van der Waals surface area contributed by atoms with Gasteiger partial charge in [0.25, 0.3) is 0 Å². The second-order valence-corrected chi connectivity index (χ2v) is 3.93. The third-order valence-corrected chi connectivity index (χ3v) is 2.47.